The number of piperazine rings is 1. The Morgan fingerprint density at radius 3 is 2.97 bits per heavy atom. The number of hydrogen-bond acceptors (Lipinski definition) is 7. The second kappa shape index (κ2) is 10.7. The maximum absolute atomic E-state index is 14.0. The molecule has 3 aromatic rings. The molecule has 3 unspecified atom stereocenters. The van der Waals surface area contributed by atoms with Crippen LogP contribution in [0.3, 0.4) is 0 Å². The summed E-state index contributed by atoms with van der Waals surface area (Å²) in [4.78, 5) is 21.4. The Morgan fingerprint density at radius 2 is 2.08 bits per heavy atom. The monoisotopic (exact) mass is 519 g/mol. The molecule has 3 aliphatic rings. The number of rotatable bonds is 5. The lowest BCUT2D eigenvalue weighted by molar-refractivity contribution is 0.0927. The van der Waals surface area contributed by atoms with Gasteiger partial charge in [-0.1, -0.05) is 30.3 Å². The van der Waals surface area contributed by atoms with Crippen molar-refractivity contribution in [2.75, 3.05) is 43.4 Å². The van der Waals surface area contributed by atoms with E-state index in [4.69, 9.17) is 4.74 Å². The van der Waals surface area contributed by atoms with Crippen molar-refractivity contribution >= 4 is 23.5 Å². The third-order valence-electron chi connectivity index (χ3n) is 7.30. The Labute approximate surface area is 220 Å². The van der Waals surface area contributed by atoms with E-state index in [1.165, 1.54) is 11.1 Å². The number of alkyl carbamates (subject to hydrolysis) is 1. The fourth-order valence-corrected chi connectivity index (χ4v) is 6.64. The van der Waals surface area contributed by atoms with Gasteiger partial charge in [-0.2, -0.15) is 0 Å². The maximum Gasteiger partial charge on any atom is 0.408 e. The molecule has 6 rings (SSSR count). The fourth-order valence-electron chi connectivity index (χ4n) is 5.53. The van der Waals surface area contributed by atoms with Crippen LogP contribution in [-0.4, -0.2) is 60.7 Å². The van der Waals surface area contributed by atoms with Crippen molar-refractivity contribution in [2.45, 2.75) is 24.1 Å². The third-order valence-corrected chi connectivity index (χ3v) is 8.53. The van der Waals surface area contributed by atoms with E-state index in [9.17, 15) is 9.18 Å². The van der Waals surface area contributed by atoms with Crippen molar-refractivity contribution in [1.29, 1.82) is 0 Å². The summed E-state index contributed by atoms with van der Waals surface area (Å²) < 4.78 is 19.6. The zero-order valence-corrected chi connectivity index (χ0v) is 21.3. The van der Waals surface area contributed by atoms with Gasteiger partial charge in [0, 0.05) is 56.6 Å². The summed E-state index contributed by atoms with van der Waals surface area (Å²) in [5, 5.41) is 6.33. The number of ether oxygens (including phenoxy) is 1. The number of carbonyl (C=O) groups is 1. The average molecular weight is 520 g/mol. The molecule has 7 nitrogen and oxygen atoms in total. The highest BCUT2D eigenvalue weighted by molar-refractivity contribution is 7.99. The fraction of sp³-hybridized carbons (Fsp3) is 0.357. The molecule has 1 aromatic heterocycles. The quantitative estimate of drug-likeness (QED) is 0.527. The van der Waals surface area contributed by atoms with E-state index in [2.05, 4.69) is 49.7 Å². The van der Waals surface area contributed by atoms with Crippen molar-refractivity contribution in [3.05, 3.63) is 95.1 Å². The van der Waals surface area contributed by atoms with Crippen LogP contribution in [0.25, 0.3) is 0 Å². The first-order valence-corrected chi connectivity index (χ1v) is 13.8. The number of nitrogens with one attached hydrogen (secondary N) is 2. The van der Waals surface area contributed by atoms with Crippen LogP contribution in [0.1, 0.15) is 33.7 Å². The number of nitrogens with zero attached hydrogens (tertiary/aromatic N) is 3. The molecule has 3 atom stereocenters. The molecular formula is C28H30FN5O2S. The number of amides is 1. The number of anilines is 1. The number of hydrogen-bond donors (Lipinski definition) is 2. The Morgan fingerprint density at radius 1 is 1.16 bits per heavy atom. The van der Waals surface area contributed by atoms with Gasteiger partial charge in [-0.3, -0.25) is 15.2 Å². The molecule has 37 heavy (non-hydrogen) atoms. The minimum Gasteiger partial charge on any atom is -0.429 e. The van der Waals surface area contributed by atoms with Crippen molar-refractivity contribution in [2.24, 2.45) is 0 Å². The zero-order chi connectivity index (χ0) is 25.2. The molecule has 2 N–H and O–H groups in total. The molecule has 2 saturated heterocycles. The molecular weight excluding hydrogens is 489 g/mol. The van der Waals surface area contributed by atoms with E-state index in [0.717, 1.165) is 49.4 Å². The van der Waals surface area contributed by atoms with Gasteiger partial charge < -0.3 is 15.0 Å². The van der Waals surface area contributed by atoms with E-state index >= 15 is 0 Å². The van der Waals surface area contributed by atoms with Gasteiger partial charge in [-0.25, -0.2) is 9.18 Å². The van der Waals surface area contributed by atoms with Crippen LogP contribution >= 0.6 is 11.8 Å². The summed E-state index contributed by atoms with van der Waals surface area (Å²) in [7, 11) is 0. The second-order valence-corrected chi connectivity index (χ2v) is 10.8. The second-order valence-electron chi connectivity index (χ2n) is 9.65. The molecule has 0 radical (unpaired) electrons. The SMILES string of the molecule is O=C(NCCN1CCN2c3ccc(F)cc3Cc3ccccc3C2C1)OC1CSC(c2cccnc2)N1. The molecule has 3 aliphatic heterocycles. The molecule has 1 amide bonds. The number of fused-ring (bicyclic) bond motifs is 5. The third kappa shape index (κ3) is 5.30. The van der Waals surface area contributed by atoms with E-state index < -0.39 is 6.09 Å². The van der Waals surface area contributed by atoms with Gasteiger partial charge in [0.2, 0.25) is 0 Å². The molecule has 0 saturated carbocycles. The highest BCUT2D eigenvalue weighted by Gasteiger charge is 2.33. The lowest BCUT2D eigenvalue weighted by Gasteiger charge is -2.43. The zero-order valence-electron chi connectivity index (χ0n) is 20.5. The molecule has 4 heterocycles. The van der Waals surface area contributed by atoms with Gasteiger partial charge in [-0.15, -0.1) is 11.8 Å². The molecule has 0 spiro atoms. The molecule has 192 valence electrons. The maximum atomic E-state index is 14.0. The predicted molar refractivity (Wildman–Crippen MR) is 143 cm³/mol. The molecule has 2 aromatic carbocycles. The number of carbonyl (C=O) groups excluding carboxylic acids is 1. The van der Waals surface area contributed by atoms with Crippen LogP contribution in [0.5, 0.6) is 0 Å². The summed E-state index contributed by atoms with van der Waals surface area (Å²) in [6.07, 6.45) is 3.58. The van der Waals surface area contributed by atoms with Gasteiger partial charge in [0.15, 0.2) is 6.23 Å². The molecule has 0 bridgehead atoms. The van der Waals surface area contributed by atoms with E-state index in [0.29, 0.717) is 12.3 Å². The van der Waals surface area contributed by atoms with Crippen LogP contribution in [0.4, 0.5) is 14.9 Å². The first-order chi connectivity index (χ1) is 18.1. The van der Waals surface area contributed by atoms with E-state index in [-0.39, 0.29) is 23.5 Å². The lowest BCUT2D eigenvalue weighted by Crippen LogP contribution is -2.50. The number of aromatic nitrogens is 1. The van der Waals surface area contributed by atoms with Gasteiger partial charge in [0.05, 0.1) is 11.4 Å². The normalized spacial score (nSPS) is 22.9. The van der Waals surface area contributed by atoms with Crippen LogP contribution in [0.15, 0.2) is 67.0 Å². The Hall–Kier alpha value is -3.14. The van der Waals surface area contributed by atoms with Crippen LogP contribution in [-0.2, 0) is 11.2 Å². The minimum atomic E-state index is -0.403. The Kier molecular flexibility index (Phi) is 6.99. The van der Waals surface area contributed by atoms with Gasteiger partial charge in [0.25, 0.3) is 0 Å². The summed E-state index contributed by atoms with van der Waals surface area (Å²) >= 11 is 1.70. The number of thioether (sulfide) groups is 1. The smallest absolute Gasteiger partial charge is 0.408 e. The van der Waals surface area contributed by atoms with Crippen molar-refractivity contribution < 1.29 is 13.9 Å². The van der Waals surface area contributed by atoms with Crippen molar-refractivity contribution in [1.82, 2.24) is 20.5 Å². The van der Waals surface area contributed by atoms with Gasteiger partial charge in [0.1, 0.15) is 5.82 Å². The Balaban J connectivity index is 1.04. The molecule has 0 aliphatic carbocycles. The molecule has 9 heteroatoms. The van der Waals surface area contributed by atoms with Gasteiger partial charge in [-0.05, 0) is 52.9 Å². The van der Waals surface area contributed by atoms with Crippen molar-refractivity contribution in [3.8, 4) is 0 Å². The Bertz CT molecular complexity index is 1260. The first-order valence-electron chi connectivity index (χ1n) is 12.7. The minimum absolute atomic E-state index is 0.0758. The number of pyridine rings is 1. The van der Waals surface area contributed by atoms with Crippen LogP contribution in [0, 0.1) is 5.82 Å². The number of benzene rings is 2. The predicted octanol–water partition coefficient (Wildman–Crippen LogP) is 4.08. The highest BCUT2D eigenvalue weighted by Crippen LogP contribution is 2.39. The average Bonchev–Trinajstić information content (AvgIpc) is 3.33. The number of halogens is 1. The topological polar surface area (TPSA) is 69.7 Å². The van der Waals surface area contributed by atoms with E-state index in [1.807, 2.05) is 24.4 Å². The van der Waals surface area contributed by atoms with Crippen LogP contribution in [0.2, 0.25) is 0 Å². The van der Waals surface area contributed by atoms with E-state index in [1.54, 1.807) is 30.1 Å². The largest absolute Gasteiger partial charge is 0.429 e. The van der Waals surface area contributed by atoms with Crippen molar-refractivity contribution in [3.63, 3.8) is 0 Å². The highest BCUT2D eigenvalue weighted by atomic mass is 32.2. The van der Waals surface area contributed by atoms with Crippen LogP contribution < -0.4 is 15.5 Å². The first kappa shape index (κ1) is 24.2. The lowest BCUT2D eigenvalue weighted by atomic mass is 9.96. The summed E-state index contributed by atoms with van der Waals surface area (Å²) in [6, 6.07) is 17.8. The standard InChI is InChI=1S/C28H30FN5O2S/c29-22-7-8-24-21(15-22)14-19-4-1-2-6-23(19)25-17-33(12-13-34(24)25)11-10-31-28(35)36-26-18-37-27(32-26)20-5-3-9-30-16-20/h1-9,15-16,25-27,32H,10-14,17-18H2,(H,31,35). The van der Waals surface area contributed by atoms with Gasteiger partial charge >= 0.3 is 6.09 Å². The molecule has 2 fully saturated rings. The summed E-state index contributed by atoms with van der Waals surface area (Å²) in [5.41, 5.74) is 5.78. The summed E-state index contributed by atoms with van der Waals surface area (Å²) in [6.45, 7) is 3.82. The summed E-state index contributed by atoms with van der Waals surface area (Å²) in [5.74, 6) is 0.506.